The molecule has 3 rings (SSSR count). The Bertz CT molecular complexity index is 912. The van der Waals surface area contributed by atoms with Crippen molar-refractivity contribution in [2.24, 2.45) is 0 Å². The van der Waals surface area contributed by atoms with Crippen LogP contribution in [0.2, 0.25) is 0 Å². The number of hydrogen-bond acceptors (Lipinski definition) is 4. The van der Waals surface area contributed by atoms with Gasteiger partial charge in [0.1, 0.15) is 0 Å². The van der Waals surface area contributed by atoms with Gasteiger partial charge in [0.05, 0.1) is 11.7 Å². The van der Waals surface area contributed by atoms with Crippen LogP contribution in [0.4, 0.5) is 0 Å². The van der Waals surface area contributed by atoms with Gasteiger partial charge in [-0.05, 0) is 19.4 Å². The first kappa shape index (κ1) is 14.0. The molecule has 0 saturated heterocycles. The molecule has 1 atom stereocenters. The van der Waals surface area contributed by atoms with E-state index in [9.17, 15) is 14.7 Å². The molecular formula is C15H14N4O3. The number of hydrogen-bond donors (Lipinski definition) is 2. The lowest BCUT2D eigenvalue weighted by molar-refractivity contribution is 0.0689. The highest BCUT2D eigenvalue weighted by atomic mass is 16.4. The Hall–Kier alpha value is -2.96. The fourth-order valence-corrected chi connectivity index (χ4v) is 2.46. The summed E-state index contributed by atoms with van der Waals surface area (Å²) in [5.74, 6) is -1.17. The van der Waals surface area contributed by atoms with E-state index in [2.05, 4.69) is 15.0 Å². The first-order valence-corrected chi connectivity index (χ1v) is 6.76. The zero-order valence-corrected chi connectivity index (χ0v) is 12.1. The number of carboxylic acids is 1. The zero-order valence-electron chi connectivity index (χ0n) is 12.1. The number of aromatic amines is 1. The van der Waals surface area contributed by atoms with Crippen molar-refractivity contribution >= 4 is 17.3 Å². The lowest BCUT2D eigenvalue weighted by atomic mass is 10.1. The normalized spacial score (nSPS) is 12.5. The number of carbonyl (C=O) groups is 1. The summed E-state index contributed by atoms with van der Waals surface area (Å²) in [4.78, 5) is 34.3. The monoisotopic (exact) mass is 298 g/mol. The molecule has 2 N–H and O–H groups in total. The van der Waals surface area contributed by atoms with E-state index in [1.807, 2.05) is 37.3 Å². The van der Waals surface area contributed by atoms with Crippen molar-refractivity contribution in [1.82, 2.24) is 19.5 Å². The second-order valence-corrected chi connectivity index (χ2v) is 5.02. The lowest BCUT2D eigenvalue weighted by Crippen LogP contribution is -2.21. The minimum absolute atomic E-state index is 0.152. The summed E-state index contributed by atoms with van der Waals surface area (Å²) in [5, 5.41) is 9.18. The average Bonchev–Trinajstić information content (AvgIpc) is 2.81. The van der Waals surface area contributed by atoms with Gasteiger partial charge in [-0.3, -0.25) is 9.55 Å². The van der Waals surface area contributed by atoms with Crippen LogP contribution in [0.1, 0.15) is 34.7 Å². The standard InChI is InChI=1S/C15H14N4O3/c1-8-11(14(20)21)17-13-12(16-8)18-15(22)19(13)9(2)10-6-4-3-5-7-10/h3-7,9H,1-2H3,(H,20,21)(H,16,18,22)/t9-/m0/s1. The summed E-state index contributed by atoms with van der Waals surface area (Å²) in [7, 11) is 0. The second-order valence-electron chi connectivity index (χ2n) is 5.02. The predicted molar refractivity (Wildman–Crippen MR) is 80.1 cm³/mol. The number of carboxylic acid groups (broad SMARTS) is 1. The number of fused-ring (bicyclic) bond motifs is 1. The molecule has 0 aliphatic heterocycles. The number of aromatic carboxylic acids is 1. The molecule has 22 heavy (non-hydrogen) atoms. The Morgan fingerprint density at radius 1 is 1.27 bits per heavy atom. The van der Waals surface area contributed by atoms with Gasteiger partial charge in [0.25, 0.3) is 0 Å². The van der Waals surface area contributed by atoms with E-state index in [1.54, 1.807) is 6.92 Å². The largest absolute Gasteiger partial charge is 0.476 e. The van der Waals surface area contributed by atoms with E-state index in [4.69, 9.17) is 0 Å². The van der Waals surface area contributed by atoms with E-state index in [1.165, 1.54) is 4.57 Å². The fraction of sp³-hybridized carbons (Fsp3) is 0.200. The third kappa shape index (κ3) is 2.16. The molecule has 0 saturated carbocycles. The van der Waals surface area contributed by atoms with Crippen molar-refractivity contribution in [2.75, 3.05) is 0 Å². The third-order valence-corrected chi connectivity index (χ3v) is 3.60. The van der Waals surface area contributed by atoms with Crippen molar-refractivity contribution in [3.05, 3.63) is 57.8 Å². The molecule has 0 aliphatic rings. The van der Waals surface area contributed by atoms with E-state index in [0.717, 1.165) is 5.56 Å². The lowest BCUT2D eigenvalue weighted by Gasteiger charge is -2.13. The molecule has 0 aliphatic carbocycles. The molecule has 3 aromatic rings. The minimum atomic E-state index is -1.17. The summed E-state index contributed by atoms with van der Waals surface area (Å²) >= 11 is 0. The summed E-state index contributed by atoms with van der Waals surface area (Å²) in [6.07, 6.45) is 0. The number of imidazole rings is 1. The van der Waals surface area contributed by atoms with Gasteiger partial charge in [-0.15, -0.1) is 0 Å². The van der Waals surface area contributed by atoms with Crippen molar-refractivity contribution in [2.45, 2.75) is 19.9 Å². The highest BCUT2D eigenvalue weighted by molar-refractivity contribution is 5.88. The molecule has 2 heterocycles. The Balaban J connectivity index is 2.25. The maximum Gasteiger partial charge on any atom is 0.356 e. The smallest absolute Gasteiger partial charge is 0.356 e. The molecule has 0 spiro atoms. The Labute approximate surface area is 125 Å². The molecule has 0 unspecified atom stereocenters. The highest BCUT2D eigenvalue weighted by Gasteiger charge is 2.20. The molecule has 0 radical (unpaired) electrons. The van der Waals surface area contributed by atoms with Crippen molar-refractivity contribution in [1.29, 1.82) is 0 Å². The molecule has 7 heteroatoms. The zero-order chi connectivity index (χ0) is 15.9. The Morgan fingerprint density at radius 2 is 1.95 bits per heavy atom. The third-order valence-electron chi connectivity index (χ3n) is 3.60. The maximum atomic E-state index is 12.2. The van der Waals surface area contributed by atoms with Crippen LogP contribution >= 0.6 is 0 Å². The van der Waals surface area contributed by atoms with Crippen LogP contribution in [0.3, 0.4) is 0 Å². The van der Waals surface area contributed by atoms with Crippen molar-refractivity contribution in [3.63, 3.8) is 0 Å². The fourth-order valence-electron chi connectivity index (χ4n) is 2.46. The number of aromatic nitrogens is 4. The van der Waals surface area contributed by atoms with Crippen molar-refractivity contribution in [3.8, 4) is 0 Å². The molecule has 0 amide bonds. The van der Waals surface area contributed by atoms with Crippen LogP contribution in [0.15, 0.2) is 35.1 Å². The van der Waals surface area contributed by atoms with E-state index < -0.39 is 5.97 Å². The molecule has 112 valence electrons. The molecule has 0 fully saturated rings. The molecular weight excluding hydrogens is 284 g/mol. The van der Waals surface area contributed by atoms with Gasteiger partial charge < -0.3 is 5.11 Å². The molecule has 2 aromatic heterocycles. The number of aryl methyl sites for hydroxylation is 1. The average molecular weight is 298 g/mol. The highest BCUT2D eigenvalue weighted by Crippen LogP contribution is 2.20. The van der Waals surface area contributed by atoms with Crippen LogP contribution < -0.4 is 5.69 Å². The topological polar surface area (TPSA) is 101 Å². The Kier molecular flexibility index (Phi) is 3.25. The number of H-pyrrole nitrogens is 1. The van der Waals surface area contributed by atoms with Gasteiger partial charge in [-0.1, -0.05) is 30.3 Å². The predicted octanol–water partition coefficient (Wildman–Crippen LogP) is 1.74. The van der Waals surface area contributed by atoms with E-state index in [-0.39, 0.29) is 34.4 Å². The van der Waals surface area contributed by atoms with Gasteiger partial charge in [0, 0.05) is 0 Å². The van der Waals surface area contributed by atoms with Gasteiger partial charge in [0.2, 0.25) is 0 Å². The number of rotatable bonds is 3. The van der Waals surface area contributed by atoms with E-state index >= 15 is 0 Å². The summed E-state index contributed by atoms with van der Waals surface area (Å²) in [5.41, 5.74) is 1.19. The summed E-state index contributed by atoms with van der Waals surface area (Å²) in [6, 6.07) is 9.15. The van der Waals surface area contributed by atoms with Gasteiger partial charge >= 0.3 is 11.7 Å². The van der Waals surface area contributed by atoms with Crippen LogP contribution in [-0.4, -0.2) is 30.6 Å². The summed E-state index contributed by atoms with van der Waals surface area (Å²) in [6.45, 7) is 3.40. The summed E-state index contributed by atoms with van der Waals surface area (Å²) < 4.78 is 1.42. The van der Waals surface area contributed by atoms with E-state index in [0.29, 0.717) is 0 Å². The van der Waals surface area contributed by atoms with Crippen LogP contribution in [0.5, 0.6) is 0 Å². The first-order chi connectivity index (χ1) is 10.5. The second kappa shape index (κ2) is 5.10. The number of nitrogens with zero attached hydrogens (tertiary/aromatic N) is 3. The van der Waals surface area contributed by atoms with Crippen LogP contribution in [0.25, 0.3) is 11.3 Å². The first-order valence-electron chi connectivity index (χ1n) is 6.76. The van der Waals surface area contributed by atoms with Crippen LogP contribution in [0, 0.1) is 6.92 Å². The van der Waals surface area contributed by atoms with Gasteiger partial charge in [0.15, 0.2) is 17.0 Å². The van der Waals surface area contributed by atoms with Crippen LogP contribution in [-0.2, 0) is 0 Å². The minimum Gasteiger partial charge on any atom is -0.476 e. The van der Waals surface area contributed by atoms with Crippen molar-refractivity contribution < 1.29 is 9.90 Å². The molecule has 0 bridgehead atoms. The molecule has 7 nitrogen and oxygen atoms in total. The van der Waals surface area contributed by atoms with Gasteiger partial charge in [-0.2, -0.15) is 0 Å². The number of benzene rings is 1. The number of nitrogens with one attached hydrogen (secondary N) is 1. The SMILES string of the molecule is Cc1nc2[nH]c(=O)n([C@@H](C)c3ccccc3)c2nc1C(=O)O. The quantitative estimate of drug-likeness (QED) is 0.767. The maximum absolute atomic E-state index is 12.2. The molecule has 1 aromatic carbocycles. The van der Waals surface area contributed by atoms with Gasteiger partial charge in [-0.25, -0.2) is 19.6 Å². The Morgan fingerprint density at radius 3 is 2.59 bits per heavy atom.